The van der Waals surface area contributed by atoms with Crippen LogP contribution in [0.1, 0.15) is 35.9 Å². The van der Waals surface area contributed by atoms with E-state index in [0.717, 1.165) is 18.3 Å². The molecule has 0 saturated carbocycles. The Labute approximate surface area is 84.3 Å². The molecule has 1 N–H and O–H groups in total. The minimum Gasteiger partial charge on any atom is -0.493 e. The van der Waals surface area contributed by atoms with E-state index in [9.17, 15) is 0 Å². The van der Waals surface area contributed by atoms with Gasteiger partial charge in [0, 0.05) is 11.6 Å². The summed E-state index contributed by atoms with van der Waals surface area (Å²) in [6, 6.07) is 6.97. The largest absolute Gasteiger partial charge is 0.493 e. The Bertz CT molecular complexity index is 361. The molecule has 3 rings (SSSR count). The third-order valence-electron chi connectivity index (χ3n) is 3.48. The smallest absolute Gasteiger partial charge is 0.123 e. The molecule has 1 aliphatic carbocycles. The van der Waals surface area contributed by atoms with E-state index in [-0.39, 0.29) is 0 Å². The standard InChI is InChI=1S/C12H15NO/c1-13-10-7-8-5-6-14-11-4-2-3-9(10)12(8)11/h2-4,8,10,13H,5-7H2,1H3. The van der Waals surface area contributed by atoms with Crippen molar-refractivity contribution in [1.82, 2.24) is 5.32 Å². The molecule has 1 aliphatic heterocycles. The lowest BCUT2D eigenvalue weighted by atomic mass is 9.95. The molecule has 1 aromatic rings. The van der Waals surface area contributed by atoms with Crippen LogP contribution in [0.5, 0.6) is 5.75 Å². The molecule has 0 amide bonds. The summed E-state index contributed by atoms with van der Waals surface area (Å²) < 4.78 is 5.68. The molecule has 0 spiro atoms. The molecule has 1 heterocycles. The molecular formula is C12H15NO. The van der Waals surface area contributed by atoms with Crippen LogP contribution < -0.4 is 10.1 Å². The van der Waals surface area contributed by atoms with E-state index >= 15 is 0 Å². The summed E-state index contributed by atoms with van der Waals surface area (Å²) in [6.07, 6.45) is 2.42. The average molecular weight is 189 g/mol. The normalized spacial score (nSPS) is 28.4. The van der Waals surface area contributed by atoms with Gasteiger partial charge in [0.05, 0.1) is 6.61 Å². The maximum absolute atomic E-state index is 5.68. The second-order valence-electron chi connectivity index (χ2n) is 4.17. The van der Waals surface area contributed by atoms with Crippen molar-refractivity contribution in [2.75, 3.05) is 13.7 Å². The van der Waals surface area contributed by atoms with Gasteiger partial charge < -0.3 is 10.1 Å². The highest BCUT2D eigenvalue weighted by atomic mass is 16.5. The highest BCUT2D eigenvalue weighted by Gasteiger charge is 2.34. The van der Waals surface area contributed by atoms with Crippen molar-refractivity contribution in [3.63, 3.8) is 0 Å². The van der Waals surface area contributed by atoms with Crippen LogP contribution in [0.3, 0.4) is 0 Å². The summed E-state index contributed by atoms with van der Waals surface area (Å²) in [5.74, 6) is 1.85. The van der Waals surface area contributed by atoms with Crippen LogP contribution in [-0.2, 0) is 0 Å². The van der Waals surface area contributed by atoms with E-state index in [1.807, 2.05) is 7.05 Å². The van der Waals surface area contributed by atoms with E-state index in [1.54, 1.807) is 0 Å². The zero-order valence-electron chi connectivity index (χ0n) is 8.42. The number of ether oxygens (including phenoxy) is 1. The first-order valence-electron chi connectivity index (χ1n) is 5.33. The fraction of sp³-hybridized carbons (Fsp3) is 0.500. The summed E-state index contributed by atoms with van der Waals surface area (Å²) in [7, 11) is 2.04. The summed E-state index contributed by atoms with van der Waals surface area (Å²) in [5.41, 5.74) is 2.92. The molecule has 2 aliphatic rings. The van der Waals surface area contributed by atoms with Gasteiger partial charge in [0.1, 0.15) is 5.75 Å². The monoisotopic (exact) mass is 189 g/mol. The van der Waals surface area contributed by atoms with Crippen molar-refractivity contribution in [1.29, 1.82) is 0 Å². The Balaban J connectivity index is 2.15. The van der Waals surface area contributed by atoms with E-state index in [2.05, 4.69) is 23.5 Å². The van der Waals surface area contributed by atoms with Gasteiger partial charge in [-0.25, -0.2) is 0 Å². The lowest BCUT2D eigenvalue weighted by Gasteiger charge is -2.21. The maximum atomic E-state index is 5.68. The van der Waals surface area contributed by atoms with Crippen molar-refractivity contribution in [3.05, 3.63) is 29.3 Å². The van der Waals surface area contributed by atoms with Crippen LogP contribution in [0.2, 0.25) is 0 Å². The predicted octanol–water partition coefficient (Wildman–Crippen LogP) is 2.22. The molecular weight excluding hydrogens is 174 g/mol. The SMILES string of the molecule is CNC1CC2CCOc3cccc1c32. The lowest BCUT2D eigenvalue weighted by molar-refractivity contribution is 0.267. The van der Waals surface area contributed by atoms with Gasteiger partial charge in [0.2, 0.25) is 0 Å². The summed E-state index contributed by atoms with van der Waals surface area (Å²) in [5, 5.41) is 3.38. The Kier molecular flexibility index (Phi) is 1.77. The van der Waals surface area contributed by atoms with E-state index < -0.39 is 0 Å². The topological polar surface area (TPSA) is 21.3 Å². The first-order chi connectivity index (χ1) is 6.90. The number of hydrogen-bond donors (Lipinski definition) is 1. The van der Waals surface area contributed by atoms with Crippen LogP contribution in [0.4, 0.5) is 0 Å². The van der Waals surface area contributed by atoms with Crippen molar-refractivity contribution >= 4 is 0 Å². The maximum Gasteiger partial charge on any atom is 0.123 e. The average Bonchev–Trinajstić information content (AvgIpc) is 2.60. The zero-order chi connectivity index (χ0) is 9.54. The summed E-state index contributed by atoms with van der Waals surface area (Å²) in [4.78, 5) is 0. The molecule has 74 valence electrons. The van der Waals surface area contributed by atoms with Gasteiger partial charge in [-0.3, -0.25) is 0 Å². The van der Waals surface area contributed by atoms with E-state index in [1.165, 1.54) is 24.0 Å². The predicted molar refractivity (Wildman–Crippen MR) is 55.7 cm³/mol. The molecule has 2 unspecified atom stereocenters. The number of nitrogens with one attached hydrogen (secondary N) is 1. The van der Waals surface area contributed by atoms with Crippen LogP contribution in [-0.4, -0.2) is 13.7 Å². The van der Waals surface area contributed by atoms with Crippen LogP contribution in [0, 0.1) is 0 Å². The molecule has 0 radical (unpaired) electrons. The molecule has 0 aromatic heterocycles. The Morgan fingerprint density at radius 1 is 1.43 bits per heavy atom. The van der Waals surface area contributed by atoms with Crippen LogP contribution >= 0.6 is 0 Å². The second-order valence-corrected chi connectivity index (χ2v) is 4.17. The molecule has 1 aromatic carbocycles. The van der Waals surface area contributed by atoms with Gasteiger partial charge in [-0.05, 0) is 37.4 Å². The fourth-order valence-electron chi connectivity index (χ4n) is 2.80. The second kappa shape index (κ2) is 2.99. The third kappa shape index (κ3) is 1.01. The molecule has 2 nitrogen and oxygen atoms in total. The van der Waals surface area contributed by atoms with Crippen LogP contribution in [0.15, 0.2) is 18.2 Å². The van der Waals surface area contributed by atoms with Gasteiger partial charge in [0.25, 0.3) is 0 Å². The van der Waals surface area contributed by atoms with Gasteiger partial charge in [0.15, 0.2) is 0 Å². The molecule has 0 saturated heterocycles. The van der Waals surface area contributed by atoms with Gasteiger partial charge in [-0.1, -0.05) is 12.1 Å². The first kappa shape index (κ1) is 8.30. The highest BCUT2D eigenvalue weighted by molar-refractivity contribution is 5.48. The first-order valence-corrected chi connectivity index (χ1v) is 5.33. The highest BCUT2D eigenvalue weighted by Crippen LogP contribution is 2.48. The minimum atomic E-state index is 0.539. The Hall–Kier alpha value is -1.02. The van der Waals surface area contributed by atoms with Crippen molar-refractivity contribution < 1.29 is 4.74 Å². The Morgan fingerprint density at radius 3 is 3.21 bits per heavy atom. The number of hydrogen-bond acceptors (Lipinski definition) is 2. The number of benzene rings is 1. The quantitative estimate of drug-likeness (QED) is 0.731. The van der Waals surface area contributed by atoms with Crippen molar-refractivity contribution in [2.45, 2.75) is 24.8 Å². The van der Waals surface area contributed by atoms with Crippen molar-refractivity contribution in [3.8, 4) is 5.75 Å². The van der Waals surface area contributed by atoms with Gasteiger partial charge in [-0.2, -0.15) is 0 Å². The Morgan fingerprint density at radius 2 is 2.36 bits per heavy atom. The summed E-state index contributed by atoms with van der Waals surface area (Å²) in [6.45, 7) is 0.886. The number of rotatable bonds is 1. The van der Waals surface area contributed by atoms with E-state index in [0.29, 0.717) is 6.04 Å². The molecule has 0 fully saturated rings. The van der Waals surface area contributed by atoms with Gasteiger partial charge >= 0.3 is 0 Å². The van der Waals surface area contributed by atoms with Crippen LogP contribution in [0.25, 0.3) is 0 Å². The fourth-order valence-corrected chi connectivity index (χ4v) is 2.80. The zero-order valence-corrected chi connectivity index (χ0v) is 8.42. The molecule has 2 atom stereocenters. The van der Waals surface area contributed by atoms with Gasteiger partial charge in [-0.15, -0.1) is 0 Å². The third-order valence-corrected chi connectivity index (χ3v) is 3.48. The van der Waals surface area contributed by atoms with E-state index in [4.69, 9.17) is 4.74 Å². The molecule has 2 heteroatoms. The summed E-state index contributed by atoms with van der Waals surface area (Å²) >= 11 is 0. The van der Waals surface area contributed by atoms with Crippen molar-refractivity contribution in [2.24, 2.45) is 0 Å². The molecule has 0 bridgehead atoms. The lowest BCUT2D eigenvalue weighted by Crippen LogP contribution is -2.13. The molecule has 14 heavy (non-hydrogen) atoms. The minimum absolute atomic E-state index is 0.539.